The van der Waals surface area contributed by atoms with Gasteiger partial charge in [0.05, 0.1) is 25.6 Å². The SMILES string of the molecule is Cc1ccc(C2=CN(CCCS(=O)(=O)[O-])C3=N\C(=C/C=C/C=C4/SC(=O)N(CCCC(=O)O)C4=O)C(C)(C)C3=C2)cc1S(=O)(=O)[O-].[K+].[K+]. The van der Waals surface area contributed by atoms with Gasteiger partial charge in [0, 0.05) is 42.5 Å². The smallest absolute Gasteiger partial charge is 0.748 e. The number of aryl methyl sites for hydroxylation is 1. The van der Waals surface area contributed by atoms with E-state index in [9.17, 15) is 40.3 Å². The van der Waals surface area contributed by atoms with Gasteiger partial charge < -0.3 is 19.1 Å². The number of imide groups is 1. The van der Waals surface area contributed by atoms with Gasteiger partial charge in [-0.15, -0.1) is 0 Å². The molecule has 1 aromatic rings. The number of hydrogen-bond acceptors (Lipinski definition) is 12. The van der Waals surface area contributed by atoms with Crippen molar-refractivity contribution in [1.29, 1.82) is 0 Å². The molecule has 0 unspecified atom stereocenters. The largest absolute Gasteiger partial charge is 1.00 e. The first-order chi connectivity index (χ1) is 21.4. The van der Waals surface area contributed by atoms with Crippen LogP contribution < -0.4 is 103 Å². The van der Waals surface area contributed by atoms with Gasteiger partial charge in [0.1, 0.15) is 16.0 Å². The second-order valence-electron chi connectivity index (χ2n) is 11.2. The Morgan fingerprint density at radius 1 is 1.04 bits per heavy atom. The van der Waals surface area contributed by atoms with Crippen molar-refractivity contribution >= 4 is 60.5 Å². The molecule has 246 valence electrons. The quantitative estimate of drug-likeness (QED) is 0.136. The van der Waals surface area contributed by atoms with Gasteiger partial charge in [-0.05, 0) is 72.5 Å². The summed E-state index contributed by atoms with van der Waals surface area (Å²) < 4.78 is 69.4. The van der Waals surface area contributed by atoms with Gasteiger partial charge in [-0.3, -0.25) is 19.3 Å². The van der Waals surface area contributed by atoms with E-state index in [-0.39, 0.29) is 145 Å². The molecule has 48 heavy (non-hydrogen) atoms. The predicted octanol–water partition coefficient (Wildman–Crippen LogP) is -2.25. The van der Waals surface area contributed by atoms with Crippen LogP contribution in [0.4, 0.5) is 4.79 Å². The molecule has 3 heterocycles. The van der Waals surface area contributed by atoms with E-state index in [1.54, 1.807) is 35.4 Å². The van der Waals surface area contributed by atoms with Crippen LogP contribution in [0, 0.1) is 12.3 Å². The molecule has 1 saturated heterocycles. The molecule has 4 rings (SSSR count). The van der Waals surface area contributed by atoms with Crippen LogP contribution in [-0.4, -0.2) is 82.6 Å². The minimum Gasteiger partial charge on any atom is -0.748 e. The van der Waals surface area contributed by atoms with E-state index in [4.69, 9.17) is 10.1 Å². The number of benzene rings is 1. The van der Waals surface area contributed by atoms with Gasteiger partial charge >= 0.3 is 109 Å². The molecule has 3 aliphatic rings. The van der Waals surface area contributed by atoms with Crippen molar-refractivity contribution in [1.82, 2.24) is 9.80 Å². The third-order valence-electron chi connectivity index (χ3n) is 7.49. The van der Waals surface area contributed by atoms with Crippen molar-refractivity contribution in [2.75, 3.05) is 18.8 Å². The van der Waals surface area contributed by atoms with E-state index in [0.29, 0.717) is 28.2 Å². The summed E-state index contributed by atoms with van der Waals surface area (Å²) in [6.45, 7) is 5.45. The molecule has 0 radical (unpaired) electrons. The summed E-state index contributed by atoms with van der Waals surface area (Å²) in [6.07, 6.45) is 9.88. The molecule has 0 aliphatic carbocycles. The zero-order valence-corrected chi connectivity index (χ0v) is 35.8. The summed E-state index contributed by atoms with van der Waals surface area (Å²) >= 11 is 0.757. The Bertz CT molecular complexity index is 1900. The maximum atomic E-state index is 12.6. The van der Waals surface area contributed by atoms with Crippen molar-refractivity contribution in [3.8, 4) is 0 Å². The second-order valence-corrected chi connectivity index (χ2v) is 15.1. The summed E-state index contributed by atoms with van der Waals surface area (Å²) in [5.41, 5.74) is 1.91. The van der Waals surface area contributed by atoms with Crippen molar-refractivity contribution in [3.05, 3.63) is 82.1 Å². The number of rotatable bonds is 12. The van der Waals surface area contributed by atoms with Gasteiger partial charge in [0.15, 0.2) is 0 Å². The fourth-order valence-electron chi connectivity index (χ4n) is 5.04. The van der Waals surface area contributed by atoms with Crippen LogP contribution in [0.25, 0.3) is 5.57 Å². The van der Waals surface area contributed by atoms with Crippen molar-refractivity contribution < 1.29 is 148 Å². The number of carbonyl (C=O) groups is 3. The van der Waals surface area contributed by atoms with E-state index in [2.05, 4.69) is 0 Å². The zero-order valence-electron chi connectivity index (χ0n) is 27.1. The Hall–Kier alpha value is -0.557. The normalized spacial score (nSPS) is 19.2. The van der Waals surface area contributed by atoms with E-state index >= 15 is 0 Å². The van der Waals surface area contributed by atoms with Crippen molar-refractivity contribution in [2.45, 2.75) is 44.9 Å². The Balaban J connectivity index is 0.00000400. The predicted molar refractivity (Wildman–Crippen MR) is 169 cm³/mol. The Labute approximate surface area is 369 Å². The Morgan fingerprint density at radius 2 is 1.71 bits per heavy atom. The molecule has 13 nitrogen and oxygen atoms in total. The number of amides is 2. The third-order valence-corrected chi connectivity index (χ3v) is 10.2. The fraction of sp³-hybridized carbons (Fsp3) is 0.333. The molecule has 0 bridgehead atoms. The number of thioether (sulfide) groups is 1. The second kappa shape index (κ2) is 17.8. The first-order valence-electron chi connectivity index (χ1n) is 14.0. The van der Waals surface area contributed by atoms with Gasteiger partial charge in [0.25, 0.3) is 11.1 Å². The molecular weight excluding hydrogens is 737 g/mol. The number of aliphatic imine (C=N–C) groups is 1. The molecule has 1 fully saturated rings. The number of nitrogens with zero attached hydrogens (tertiary/aromatic N) is 3. The van der Waals surface area contributed by atoms with Gasteiger partial charge in [-0.2, -0.15) is 0 Å². The molecule has 0 atom stereocenters. The number of hydrogen-bond donors (Lipinski definition) is 1. The average Bonchev–Trinajstić information content (AvgIpc) is 3.36. The number of allylic oxidation sites excluding steroid dienone is 7. The van der Waals surface area contributed by atoms with E-state index in [0.717, 1.165) is 22.2 Å². The summed E-state index contributed by atoms with van der Waals surface area (Å²) in [7, 11) is -9.21. The summed E-state index contributed by atoms with van der Waals surface area (Å²) in [4.78, 5) is 42.9. The monoisotopic (exact) mass is 767 g/mol. The molecule has 0 aromatic heterocycles. The number of aliphatic carboxylic acids is 1. The van der Waals surface area contributed by atoms with Crippen LogP contribution >= 0.6 is 11.8 Å². The standard InChI is InChI=1S/C30H33N3O10S3.2K/c1-19-11-12-20(17-24(19)46(41,42)43)21-16-22-27(32(18-21)13-7-15-45(38,39)40)31-25(30(22,2)3)9-5-4-8-23-28(36)33(29(37)44-23)14-6-10-26(34)35;;/h4-5,8-9,11-12,16-18H,6-7,10,13-15H2,1-3H3,(H,34,35)(H,38,39,40)(H,41,42,43);;/q;2*+1/p-2/b5-4+,23-8+,25-9-;;. The number of amidine groups is 1. The minimum absolute atomic E-state index is 0. The maximum absolute atomic E-state index is 12.6. The third kappa shape index (κ3) is 11.0. The van der Waals surface area contributed by atoms with Gasteiger partial charge in [0.2, 0.25) is 0 Å². The number of carboxylic acid groups (broad SMARTS) is 1. The molecule has 0 spiro atoms. The van der Waals surface area contributed by atoms with Crippen LogP contribution in [0.5, 0.6) is 0 Å². The van der Waals surface area contributed by atoms with Crippen molar-refractivity contribution in [3.63, 3.8) is 0 Å². The fourth-order valence-corrected chi connectivity index (χ4v) is 7.07. The minimum atomic E-state index is -4.75. The Morgan fingerprint density at radius 3 is 2.33 bits per heavy atom. The Kier molecular flexibility index (Phi) is 16.2. The van der Waals surface area contributed by atoms with E-state index in [1.165, 1.54) is 25.1 Å². The first kappa shape index (κ1) is 43.6. The summed E-state index contributed by atoms with van der Waals surface area (Å²) in [5, 5.41) is 8.32. The number of fused-ring (bicyclic) bond motifs is 1. The zero-order chi connectivity index (χ0) is 34.0. The summed E-state index contributed by atoms with van der Waals surface area (Å²) in [6, 6.07) is 4.49. The molecule has 1 aromatic carbocycles. The van der Waals surface area contributed by atoms with Crippen LogP contribution in [0.2, 0.25) is 0 Å². The van der Waals surface area contributed by atoms with Crippen LogP contribution in [0.1, 0.15) is 44.2 Å². The molecule has 3 aliphatic heterocycles. The maximum Gasteiger partial charge on any atom is 1.00 e. The molecule has 2 amide bonds. The summed E-state index contributed by atoms with van der Waals surface area (Å²) in [5.74, 6) is -1.62. The number of carbonyl (C=O) groups excluding carboxylic acids is 2. The van der Waals surface area contributed by atoms with Gasteiger partial charge in [-0.25, -0.2) is 21.8 Å². The van der Waals surface area contributed by atoms with E-state index < -0.39 is 48.5 Å². The van der Waals surface area contributed by atoms with Crippen LogP contribution in [0.15, 0.2) is 80.8 Å². The average molecular weight is 768 g/mol. The first-order valence-corrected chi connectivity index (χ1v) is 17.8. The van der Waals surface area contributed by atoms with Crippen molar-refractivity contribution in [2.24, 2.45) is 10.4 Å². The molecule has 0 saturated carbocycles. The molecular formula is C30H31K2N3O10S3. The van der Waals surface area contributed by atoms with Gasteiger partial charge in [-0.1, -0.05) is 38.1 Å². The number of carboxylic acids is 1. The molecule has 1 N–H and O–H groups in total. The van der Waals surface area contributed by atoms with Crippen LogP contribution in [0.3, 0.4) is 0 Å². The van der Waals surface area contributed by atoms with E-state index in [1.807, 2.05) is 19.9 Å². The topological polar surface area (TPSA) is 205 Å². The van der Waals surface area contributed by atoms with Crippen LogP contribution in [-0.2, 0) is 29.8 Å². The molecule has 18 heteroatoms.